The molecule has 2 aromatic carbocycles. The topological polar surface area (TPSA) is 101 Å². The first kappa shape index (κ1) is 21.7. The molecule has 3 aromatic rings. The summed E-state index contributed by atoms with van der Waals surface area (Å²) in [6, 6.07) is 13.2. The minimum atomic E-state index is -0.411. The fourth-order valence-corrected chi connectivity index (χ4v) is 2.96. The Bertz CT molecular complexity index is 1140. The quantitative estimate of drug-likeness (QED) is 0.592. The van der Waals surface area contributed by atoms with Gasteiger partial charge >= 0.3 is 0 Å². The SMILES string of the molecule is COc1ccc(NC(=O)Cn2nc(-c3ccc(OC)c(OC)c3)ccc2=O)cc1OC. The van der Waals surface area contributed by atoms with Crippen LogP contribution in [0.5, 0.6) is 23.0 Å². The van der Waals surface area contributed by atoms with E-state index >= 15 is 0 Å². The number of benzene rings is 2. The predicted octanol–water partition coefficient (Wildman–Crippen LogP) is 2.58. The van der Waals surface area contributed by atoms with Crippen molar-refractivity contribution in [3.63, 3.8) is 0 Å². The van der Waals surface area contributed by atoms with Crippen LogP contribution in [-0.4, -0.2) is 44.1 Å². The Morgan fingerprint density at radius 2 is 1.45 bits per heavy atom. The summed E-state index contributed by atoms with van der Waals surface area (Å²) in [7, 11) is 6.12. The number of carbonyl (C=O) groups excluding carboxylic acids is 1. The van der Waals surface area contributed by atoms with Crippen LogP contribution in [0.3, 0.4) is 0 Å². The number of rotatable bonds is 8. The zero-order valence-electron chi connectivity index (χ0n) is 17.7. The average Bonchev–Trinajstić information content (AvgIpc) is 2.79. The van der Waals surface area contributed by atoms with E-state index in [0.717, 1.165) is 4.68 Å². The Kier molecular flexibility index (Phi) is 6.76. The third kappa shape index (κ3) is 4.95. The van der Waals surface area contributed by atoms with Crippen molar-refractivity contribution >= 4 is 11.6 Å². The summed E-state index contributed by atoms with van der Waals surface area (Å²) in [6.07, 6.45) is 0. The number of ether oxygens (including phenoxy) is 4. The lowest BCUT2D eigenvalue weighted by atomic mass is 10.1. The van der Waals surface area contributed by atoms with E-state index < -0.39 is 11.5 Å². The van der Waals surface area contributed by atoms with Gasteiger partial charge < -0.3 is 24.3 Å². The maximum atomic E-state index is 12.5. The molecule has 0 bridgehead atoms. The van der Waals surface area contributed by atoms with Crippen molar-refractivity contribution in [3.8, 4) is 34.3 Å². The molecule has 1 heterocycles. The zero-order chi connectivity index (χ0) is 22.4. The molecule has 162 valence electrons. The molecule has 0 saturated carbocycles. The number of nitrogens with one attached hydrogen (secondary N) is 1. The van der Waals surface area contributed by atoms with Crippen LogP contribution < -0.4 is 29.8 Å². The minimum Gasteiger partial charge on any atom is -0.493 e. The van der Waals surface area contributed by atoms with Gasteiger partial charge in [-0.05, 0) is 36.4 Å². The molecular formula is C22H23N3O6. The lowest BCUT2D eigenvalue weighted by Crippen LogP contribution is -2.29. The predicted molar refractivity (Wildman–Crippen MR) is 115 cm³/mol. The number of aromatic nitrogens is 2. The second-order valence-electron chi connectivity index (χ2n) is 6.40. The molecule has 9 nitrogen and oxygen atoms in total. The van der Waals surface area contributed by atoms with Gasteiger partial charge in [-0.2, -0.15) is 5.10 Å². The molecule has 0 spiro atoms. The van der Waals surface area contributed by atoms with E-state index in [1.165, 1.54) is 27.4 Å². The standard InChI is InChI=1S/C22H23N3O6/c1-28-17-8-5-14(11-19(17)30-3)16-7-10-22(27)25(24-16)13-21(26)23-15-6-9-18(29-2)20(12-15)31-4/h5-12H,13H2,1-4H3,(H,23,26). The molecule has 1 aromatic heterocycles. The third-order valence-electron chi connectivity index (χ3n) is 4.51. The van der Waals surface area contributed by atoms with E-state index in [0.29, 0.717) is 39.9 Å². The average molecular weight is 425 g/mol. The highest BCUT2D eigenvalue weighted by molar-refractivity contribution is 5.90. The van der Waals surface area contributed by atoms with Crippen molar-refractivity contribution in [1.29, 1.82) is 0 Å². The van der Waals surface area contributed by atoms with Crippen LogP contribution in [0, 0.1) is 0 Å². The summed E-state index contributed by atoms with van der Waals surface area (Å²) in [5.74, 6) is 1.72. The van der Waals surface area contributed by atoms with Crippen molar-refractivity contribution < 1.29 is 23.7 Å². The second-order valence-corrected chi connectivity index (χ2v) is 6.40. The molecule has 9 heteroatoms. The minimum absolute atomic E-state index is 0.256. The van der Waals surface area contributed by atoms with Crippen molar-refractivity contribution in [3.05, 3.63) is 58.9 Å². The summed E-state index contributed by atoms with van der Waals surface area (Å²) < 4.78 is 22.1. The molecule has 0 unspecified atom stereocenters. The largest absolute Gasteiger partial charge is 0.493 e. The number of nitrogens with zero attached hydrogens (tertiary/aromatic N) is 2. The van der Waals surface area contributed by atoms with Crippen LogP contribution in [0.2, 0.25) is 0 Å². The van der Waals surface area contributed by atoms with Gasteiger partial charge in [0, 0.05) is 23.4 Å². The Morgan fingerprint density at radius 1 is 0.839 bits per heavy atom. The van der Waals surface area contributed by atoms with Crippen molar-refractivity contribution in [2.24, 2.45) is 0 Å². The van der Waals surface area contributed by atoms with Gasteiger partial charge in [0.1, 0.15) is 6.54 Å². The molecule has 0 saturated heterocycles. The molecule has 0 aliphatic heterocycles. The van der Waals surface area contributed by atoms with E-state index in [1.807, 2.05) is 0 Å². The molecule has 0 aliphatic carbocycles. The smallest absolute Gasteiger partial charge is 0.267 e. The molecule has 0 aliphatic rings. The number of hydrogen-bond donors (Lipinski definition) is 1. The summed E-state index contributed by atoms with van der Waals surface area (Å²) in [4.78, 5) is 24.7. The molecule has 31 heavy (non-hydrogen) atoms. The third-order valence-corrected chi connectivity index (χ3v) is 4.51. The van der Waals surface area contributed by atoms with Gasteiger partial charge in [-0.3, -0.25) is 9.59 Å². The lowest BCUT2D eigenvalue weighted by molar-refractivity contribution is -0.117. The molecule has 1 amide bonds. The van der Waals surface area contributed by atoms with Crippen LogP contribution in [0.4, 0.5) is 5.69 Å². The normalized spacial score (nSPS) is 10.3. The first-order valence-corrected chi connectivity index (χ1v) is 9.31. The van der Waals surface area contributed by atoms with E-state index in [1.54, 1.807) is 49.6 Å². The number of amides is 1. The van der Waals surface area contributed by atoms with Gasteiger partial charge in [0.05, 0.1) is 34.1 Å². The highest BCUT2D eigenvalue weighted by atomic mass is 16.5. The van der Waals surface area contributed by atoms with E-state index in [2.05, 4.69) is 10.4 Å². The highest BCUT2D eigenvalue weighted by Gasteiger charge is 2.12. The second kappa shape index (κ2) is 9.66. The van der Waals surface area contributed by atoms with Crippen LogP contribution in [0.15, 0.2) is 53.3 Å². The molecule has 1 N–H and O–H groups in total. The van der Waals surface area contributed by atoms with Gasteiger partial charge in [-0.15, -0.1) is 0 Å². The molecule has 0 radical (unpaired) electrons. The van der Waals surface area contributed by atoms with Crippen LogP contribution in [0.25, 0.3) is 11.3 Å². The zero-order valence-corrected chi connectivity index (χ0v) is 17.7. The Hall–Kier alpha value is -4.01. The van der Waals surface area contributed by atoms with Crippen molar-refractivity contribution in [1.82, 2.24) is 9.78 Å². The Morgan fingerprint density at radius 3 is 2.10 bits per heavy atom. The number of anilines is 1. The summed E-state index contributed by atoms with van der Waals surface area (Å²) in [5.41, 5.74) is 1.34. The van der Waals surface area contributed by atoms with Gasteiger partial charge in [-0.25, -0.2) is 4.68 Å². The highest BCUT2D eigenvalue weighted by Crippen LogP contribution is 2.31. The fraction of sp³-hybridized carbons (Fsp3) is 0.227. The van der Waals surface area contributed by atoms with Gasteiger partial charge in [0.2, 0.25) is 5.91 Å². The van der Waals surface area contributed by atoms with Crippen LogP contribution >= 0.6 is 0 Å². The van der Waals surface area contributed by atoms with E-state index in [4.69, 9.17) is 18.9 Å². The van der Waals surface area contributed by atoms with Crippen molar-refractivity contribution in [2.45, 2.75) is 6.54 Å². The number of carbonyl (C=O) groups is 1. The molecule has 3 rings (SSSR count). The number of methoxy groups -OCH3 is 4. The molecule has 0 fully saturated rings. The van der Waals surface area contributed by atoms with Gasteiger partial charge in [-0.1, -0.05) is 0 Å². The van der Waals surface area contributed by atoms with Gasteiger partial charge in [0.25, 0.3) is 5.56 Å². The number of hydrogen-bond acceptors (Lipinski definition) is 7. The summed E-state index contributed by atoms with van der Waals surface area (Å²) in [5, 5.41) is 7.04. The van der Waals surface area contributed by atoms with Crippen molar-refractivity contribution in [2.75, 3.05) is 33.8 Å². The first-order chi connectivity index (χ1) is 15.0. The maximum absolute atomic E-state index is 12.5. The molecule has 0 atom stereocenters. The Balaban J connectivity index is 1.81. The maximum Gasteiger partial charge on any atom is 0.267 e. The monoisotopic (exact) mass is 425 g/mol. The first-order valence-electron chi connectivity index (χ1n) is 9.31. The summed E-state index contributed by atoms with van der Waals surface area (Å²) >= 11 is 0. The Labute approximate surface area is 179 Å². The van der Waals surface area contributed by atoms with Crippen LogP contribution in [-0.2, 0) is 11.3 Å². The van der Waals surface area contributed by atoms with Crippen LogP contribution in [0.1, 0.15) is 0 Å². The van der Waals surface area contributed by atoms with Gasteiger partial charge in [0.15, 0.2) is 23.0 Å². The molecular weight excluding hydrogens is 402 g/mol. The van der Waals surface area contributed by atoms with E-state index in [9.17, 15) is 9.59 Å². The lowest BCUT2D eigenvalue weighted by Gasteiger charge is -2.12. The fourth-order valence-electron chi connectivity index (χ4n) is 2.96. The summed E-state index contributed by atoms with van der Waals surface area (Å²) in [6.45, 7) is -0.256. The van der Waals surface area contributed by atoms with E-state index in [-0.39, 0.29) is 6.54 Å².